The molecule has 3 saturated carbocycles. The molecule has 6 fully saturated rings. The van der Waals surface area contributed by atoms with Crippen LogP contribution in [0.4, 0.5) is 0 Å². The lowest BCUT2D eigenvalue weighted by Crippen LogP contribution is -2.59. The number of nitrogens with one attached hydrogen (secondary N) is 1. The average molecular weight is 1080 g/mol. The molecule has 0 aromatic carbocycles. The standard InChI is InChI=1S/C59H101N3O14/c1-15-45-59(11,70)50(66)35(4)62(27-17-25-60-52(68)41-21-20-40-39-19-18-37-29-38(63)22-24-56(37,8)48(39)43(64)31-57(40,41)9)26-16-23-55(6,7)46(76-54-49(65)42(61(12)13)28-33(2)72-54)30-44(34(3)53(69)75-45)74-47-32-58(10,71-14)51(67)36(5)73-47/h29,33-36,39-51,54,64-67,70H,15-28,30-32H2,1-14H3,(H,60,68)/t33-,34+,35+,36+,39?,40?,41+,42-,43?,44-,45+,46+,47+,48?,49?,50-,51+,54+,56-,57-,58-,59-/m0/s1. The Morgan fingerprint density at radius 1 is 0.908 bits per heavy atom. The molecule has 5 unspecified atom stereocenters. The molecule has 0 aromatic rings. The molecule has 0 bridgehead atoms. The third kappa shape index (κ3) is 12.4. The van der Waals surface area contributed by atoms with Crippen molar-refractivity contribution in [3.8, 4) is 0 Å². The van der Waals surface area contributed by atoms with Gasteiger partial charge in [0.25, 0.3) is 0 Å². The first-order valence-corrected chi connectivity index (χ1v) is 29.3. The summed E-state index contributed by atoms with van der Waals surface area (Å²) in [7, 11) is 5.39. The highest BCUT2D eigenvalue weighted by molar-refractivity contribution is 5.91. The van der Waals surface area contributed by atoms with Crippen LogP contribution < -0.4 is 5.32 Å². The molecule has 1 amide bonds. The summed E-state index contributed by atoms with van der Waals surface area (Å²) in [4.78, 5) is 45.5. The highest BCUT2D eigenvalue weighted by Gasteiger charge is 2.63. The Morgan fingerprint density at radius 3 is 2.29 bits per heavy atom. The van der Waals surface area contributed by atoms with Crippen molar-refractivity contribution in [3.05, 3.63) is 11.6 Å². The zero-order valence-electron chi connectivity index (χ0n) is 48.8. The van der Waals surface area contributed by atoms with Gasteiger partial charge in [0.1, 0.15) is 30.0 Å². The van der Waals surface area contributed by atoms with Crippen LogP contribution in [0, 0.1) is 45.8 Å². The van der Waals surface area contributed by atoms with E-state index < -0.39 is 96.0 Å². The number of ketones is 1. The quantitative estimate of drug-likeness (QED) is 0.102. The van der Waals surface area contributed by atoms with Gasteiger partial charge in [-0.1, -0.05) is 40.2 Å². The highest BCUT2D eigenvalue weighted by Crippen LogP contribution is 2.66. The Hall–Kier alpha value is -2.13. The summed E-state index contributed by atoms with van der Waals surface area (Å²) in [6.45, 7) is 22.5. The predicted octanol–water partition coefficient (Wildman–Crippen LogP) is 5.68. The Morgan fingerprint density at radius 2 is 1.62 bits per heavy atom. The largest absolute Gasteiger partial charge is 0.459 e. The summed E-state index contributed by atoms with van der Waals surface area (Å²) in [6.07, 6.45) is 1.01. The van der Waals surface area contributed by atoms with Crippen molar-refractivity contribution in [3.63, 3.8) is 0 Å². The van der Waals surface area contributed by atoms with E-state index in [-0.39, 0.29) is 65.8 Å². The minimum Gasteiger partial charge on any atom is -0.459 e. The van der Waals surface area contributed by atoms with E-state index in [1.165, 1.54) is 19.6 Å². The van der Waals surface area contributed by atoms with Crippen molar-refractivity contribution >= 4 is 17.7 Å². The fourth-order valence-electron chi connectivity index (χ4n) is 15.8. The van der Waals surface area contributed by atoms with Crippen molar-refractivity contribution in [2.24, 2.45) is 45.8 Å². The monoisotopic (exact) mass is 1080 g/mol. The van der Waals surface area contributed by atoms with Crippen LogP contribution in [-0.2, 0) is 42.8 Å². The van der Waals surface area contributed by atoms with E-state index in [0.29, 0.717) is 70.0 Å². The van der Waals surface area contributed by atoms with Crippen LogP contribution in [0.5, 0.6) is 0 Å². The second kappa shape index (κ2) is 24.1. The van der Waals surface area contributed by atoms with Gasteiger partial charge < -0.3 is 64.2 Å². The van der Waals surface area contributed by atoms with Crippen LogP contribution in [-0.4, -0.2) is 185 Å². The Bertz CT molecular complexity index is 2040. The summed E-state index contributed by atoms with van der Waals surface area (Å²) >= 11 is 0. The van der Waals surface area contributed by atoms with Crippen LogP contribution in [0.15, 0.2) is 11.6 Å². The molecule has 76 heavy (non-hydrogen) atoms. The number of carbonyl (C=O) groups excluding carboxylic acids is 3. The first-order chi connectivity index (χ1) is 35.5. The van der Waals surface area contributed by atoms with Crippen molar-refractivity contribution in [2.45, 2.75) is 257 Å². The van der Waals surface area contributed by atoms with Crippen LogP contribution in [0.1, 0.15) is 166 Å². The van der Waals surface area contributed by atoms with E-state index in [4.69, 9.17) is 28.4 Å². The maximum absolute atomic E-state index is 14.6. The van der Waals surface area contributed by atoms with Crippen molar-refractivity contribution in [1.29, 1.82) is 0 Å². The lowest BCUT2D eigenvalue weighted by atomic mass is 9.46. The molecule has 0 spiro atoms. The molecule has 7 aliphatic rings. The number of rotatable bonds is 12. The van der Waals surface area contributed by atoms with Gasteiger partial charge in [0.05, 0.1) is 42.0 Å². The Balaban J connectivity index is 1.10. The lowest BCUT2D eigenvalue weighted by molar-refractivity contribution is -0.303. The minimum atomic E-state index is -1.87. The van der Waals surface area contributed by atoms with Gasteiger partial charge in [-0.15, -0.1) is 0 Å². The number of hydrogen-bond acceptors (Lipinski definition) is 16. The average Bonchev–Trinajstić information content (AvgIpc) is 3.74. The molecule has 3 aliphatic heterocycles. The summed E-state index contributed by atoms with van der Waals surface area (Å²) in [5.41, 5.74) is -2.83. The molecule has 0 aromatic heterocycles. The molecule has 0 radical (unpaired) electrons. The van der Waals surface area contributed by atoms with Crippen LogP contribution in [0.2, 0.25) is 0 Å². The number of methoxy groups -OCH3 is 1. The first-order valence-electron chi connectivity index (χ1n) is 29.3. The lowest BCUT2D eigenvalue weighted by Gasteiger charge is -2.59. The summed E-state index contributed by atoms with van der Waals surface area (Å²) in [6, 6.07) is -0.830. The number of aliphatic hydroxyl groups is 5. The van der Waals surface area contributed by atoms with Gasteiger partial charge in [-0.3, -0.25) is 19.3 Å². The third-order valence-corrected chi connectivity index (χ3v) is 20.9. The number of aliphatic hydroxyl groups excluding tert-OH is 4. The topological polar surface area (TPSA) is 226 Å². The molecule has 4 aliphatic carbocycles. The SMILES string of the molecule is CC[C@H]1OC(=O)[C@H](C)[C@@H](O[C@@H]2C[C@](C)(OC)[C@H](O)[C@@H](C)O2)C[C@@H](O[C@H]2O[C@@H](C)C[C@H](N(C)C)C2O)C(C)(C)CCCN(CCCNC(=O)[C@H]2CCC3C4CCC5=CC(=O)CC[C@]5(C)C4C(O)C[C@@]32C)[C@H](C)[C@H](O)[C@@]1(C)O. The van der Waals surface area contributed by atoms with Crippen LogP contribution in [0.25, 0.3) is 0 Å². The third-order valence-electron chi connectivity index (χ3n) is 20.9. The summed E-state index contributed by atoms with van der Waals surface area (Å²) < 4.78 is 38.5. The molecule has 3 heterocycles. The summed E-state index contributed by atoms with van der Waals surface area (Å²) in [5, 5.41) is 62.6. The number of fused-ring (bicyclic) bond motifs is 5. The molecule has 7 rings (SSSR count). The minimum absolute atomic E-state index is 0.0136. The van der Waals surface area contributed by atoms with Crippen molar-refractivity contribution < 1.29 is 68.3 Å². The number of esters is 1. The van der Waals surface area contributed by atoms with Crippen LogP contribution in [0.3, 0.4) is 0 Å². The summed E-state index contributed by atoms with van der Waals surface area (Å²) in [5.74, 6) is -0.895. The molecule has 6 N–H and O–H groups in total. The van der Waals surface area contributed by atoms with Gasteiger partial charge in [0.15, 0.2) is 18.4 Å². The van der Waals surface area contributed by atoms with Crippen molar-refractivity contribution in [2.75, 3.05) is 40.8 Å². The molecule has 17 nitrogen and oxygen atoms in total. The first kappa shape index (κ1) is 61.5. The van der Waals surface area contributed by atoms with Gasteiger partial charge in [0, 0.05) is 57.5 Å². The zero-order valence-corrected chi connectivity index (χ0v) is 48.8. The maximum Gasteiger partial charge on any atom is 0.311 e. The Kier molecular flexibility index (Phi) is 19.5. The molecular weight excluding hydrogens is 975 g/mol. The number of likely N-dealkylation sites (N-methyl/N-ethyl adjacent to an activating group) is 1. The molecule has 436 valence electrons. The number of nitrogens with zero attached hydrogens (tertiary/aromatic N) is 2. The van der Waals surface area contributed by atoms with Crippen LogP contribution >= 0.6 is 0 Å². The second-order valence-electron chi connectivity index (χ2n) is 26.6. The van der Waals surface area contributed by atoms with E-state index >= 15 is 0 Å². The highest BCUT2D eigenvalue weighted by atomic mass is 16.7. The number of ether oxygens (including phenoxy) is 6. The van der Waals surface area contributed by atoms with E-state index in [1.807, 2.05) is 38.9 Å². The maximum atomic E-state index is 14.6. The van der Waals surface area contributed by atoms with Crippen molar-refractivity contribution in [1.82, 2.24) is 15.1 Å². The molecular formula is C59H101N3O14. The van der Waals surface area contributed by atoms with E-state index in [1.54, 1.807) is 27.7 Å². The fraction of sp³-hybridized carbons (Fsp3) is 0.915. The van der Waals surface area contributed by atoms with Gasteiger partial charge in [0.2, 0.25) is 5.91 Å². The number of carbonyl (C=O) groups is 3. The van der Waals surface area contributed by atoms with Gasteiger partial charge >= 0.3 is 5.97 Å². The predicted molar refractivity (Wildman–Crippen MR) is 286 cm³/mol. The molecule has 3 saturated heterocycles. The molecule has 17 heteroatoms. The van der Waals surface area contributed by atoms with E-state index in [0.717, 1.165) is 32.1 Å². The number of allylic oxidation sites excluding steroid dienone is 1. The number of hydrogen-bond donors (Lipinski definition) is 6. The van der Waals surface area contributed by atoms with Gasteiger partial charge in [-0.25, -0.2) is 0 Å². The zero-order chi connectivity index (χ0) is 56.0. The normalized spacial score (nSPS) is 46.9. The molecule has 22 atom stereocenters. The Labute approximate surface area is 454 Å². The van der Waals surface area contributed by atoms with E-state index in [9.17, 15) is 39.9 Å². The number of amides is 1. The smallest absolute Gasteiger partial charge is 0.311 e. The van der Waals surface area contributed by atoms with Gasteiger partial charge in [-0.05, 0) is 173 Å². The second-order valence-corrected chi connectivity index (χ2v) is 26.6. The van der Waals surface area contributed by atoms with Gasteiger partial charge in [-0.2, -0.15) is 0 Å². The fourth-order valence-corrected chi connectivity index (χ4v) is 15.8. The van der Waals surface area contributed by atoms with E-state index in [2.05, 4.69) is 37.9 Å². The number of cyclic esters (lactones) is 1.